The van der Waals surface area contributed by atoms with E-state index in [1.54, 1.807) is 7.11 Å². The fourth-order valence-electron chi connectivity index (χ4n) is 3.87. The maximum Gasteiger partial charge on any atom is 0.471 e. The predicted octanol–water partition coefficient (Wildman–Crippen LogP) is 2.35. The first-order valence-corrected chi connectivity index (χ1v) is 16.8. The average molecular weight is 889 g/mol. The van der Waals surface area contributed by atoms with Gasteiger partial charge in [0.25, 0.3) is 0 Å². The quantitative estimate of drug-likeness (QED) is 0.0847. The summed E-state index contributed by atoms with van der Waals surface area (Å²) in [5.41, 5.74) is 15.4. The molecule has 0 bridgehead atoms. The van der Waals surface area contributed by atoms with Gasteiger partial charge in [-0.2, -0.15) is 65.9 Å². The van der Waals surface area contributed by atoms with Gasteiger partial charge < -0.3 is 47.3 Å². The number of halogens is 15. The van der Waals surface area contributed by atoms with Crippen LogP contribution < -0.4 is 27.8 Å². The van der Waals surface area contributed by atoms with Crippen LogP contribution in [0.3, 0.4) is 0 Å². The van der Waals surface area contributed by atoms with Gasteiger partial charge in [0, 0.05) is 66.1 Å². The lowest BCUT2D eigenvalue weighted by Gasteiger charge is -2.27. The largest absolute Gasteiger partial charge is 0.471 e. The Kier molecular flexibility index (Phi) is 28.8. The van der Waals surface area contributed by atoms with Gasteiger partial charge in [-0.05, 0) is 58.2 Å². The molecule has 0 heterocycles. The Labute approximate surface area is 322 Å². The van der Waals surface area contributed by atoms with Crippen molar-refractivity contribution in [2.75, 3.05) is 85.7 Å². The monoisotopic (exact) mass is 888 g/mol. The van der Waals surface area contributed by atoms with Crippen LogP contribution in [0.4, 0.5) is 65.9 Å². The highest BCUT2D eigenvalue weighted by molar-refractivity contribution is 5.83. The van der Waals surface area contributed by atoms with E-state index in [1.807, 2.05) is 0 Å². The molecule has 0 aromatic heterocycles. The lowest BCUT2D eigenvalue weighted by molar-refractivity contribution is -0.187. The maximum atomic E-state index is 12.7. The summed E-state index contributed by atoms with van der Waals surface area (Å²) in [4.78, 5) is 55.9. The number of carbonyl (C=O) groups excluding carboxylic acids is 5. The normalized spacial score (nSPS) is 12.0. The molecule has 0 saturated carbocycles. The average Bonchev–Trinajstić information content (AvgIpc) is 3.10. The minimum Gasteiger partial charge on any atom is -0.385 e. The molecule has 0 fully saturated rings. The van der Waals surface area contributed by atoms with Crippen LogP contribution in [0.5, 0.6) is 0 Å². The molecule has 0 aliphatic heterocycles. The molecule has 0 aliphatic rings. The van der Waals surface area contributed by atoms with E-state index in [9.17, 15) is 89.8 Å². The van der Waals surface area contributed by atoms with E-state index in [-0.39, 0.29) is 43.8 Å². The highest BCUT2D eigenvalue weighted by Crippen LogP contribution is 2.22. The molecule has 5 amide bonds. The van der Waals surface area contributed by atoms with E-state index in [1.165, 1.54) is 10.6 Å². The standard InChI is InChI=1S/C15H21F9N4O3.C10H15F6N3O2.C4H11NO/c16-13(17,18)10(29)26-5-2-7-28(12(31)15(22,23)24)9-3-8-27(6-1-4-25)11(30)14(19,20)21;11-9(12,13)7(20)18-4-2-6-19(5-1-3-17)8(21)10(14,15)16;1-6-4-2-3-5/h1-9,25H2,(H,26,29);1-6,17H2,(H,18,20);2-5H2,1H3. The van der Waals surface area contributed by atoms with Crippen LogP contribution in [0.25, 0.3) is 0 Å². The van der Waals surface area contributed by atoms with Crippen molar-refractivity contribution < 1.29 is 94.6 Å². The number of carbonyl (C=O) groups is 5. The van der Waals surface area contributed by atoms with Crippen LogP contribution in [-0.2, 0) is 28.7 Å². The number of alkyl halides is 15. The second-order valence-electron chi connectivity index (χ2n) is 11.4. The van der Waals surface area contributed by atoms with Gasteiger partial charge in [-0.25, -0.2) is 0 Å². The number of nitrogens with zero attached hydrogens (tertiary/aromatic N) is 3. The number of amides is 5. The van der Waals surface area contributed by atoms with Crippen molar-refractivity contribution in [3.05, 3.63) is 0 Å². The van der Waals surface area contributed by atoms with Gasteiger partial charge in [-0.15, -0.1) is 0 Å². The summed E-state index contributed by atoms with van der Waals surface area (Å²) in [7, 11) is 1.68. The van der Waals surface area contributed by atoms with Gasteiger partial charge in [0.05, 0.1) is 0 Å². The smallest absolute Gasteiger partial charge is 0.385 e. The first-order valence-electron chi connectivity index (χ1n) is 16.8. The molecule has 8 N–H and O–H groups in total. The van der Waals surface area contributed by atoms with E-state index >= 15 is 0 Å². The Morgan fingerprint density at radius 2 is 0.690 bits per heavy atom. The fraction of sp³-hybridized carbons (Fsp3) is 0.828. The molecule has 0 radical (unpaired) electrons. The van der Waals surface area contributed by atoms with Gasteiger partial charge in [-0.1, -0.05) is 0 Å². The molecule has 0 saturated heterocycles. The molecule has 0 unspecified atom stereocenters. The SMILES string of the molecule is COCCCN.NCCCN(CCCN(CCCNC(=O)C(F)(F)F)C(=O)C(F)(F)F)C(=O)C(F)(F)F.NCCCN(CCCNC(=O)C(F)(F)F)C(=O)C(F)(F)F. The van der Waals surface area contributed by atoms with Crippen LogP contribution in [-0.4, -0.2) is 161 Å². The molecule has 58 heavy (non-hydrogen) atoms. The molecule has 29 heteroatoms. The zero-order valence-electron chi connectivity index (χ0n) is 30.9. The Balaban J connectivity index is -0.000000961. The van der Waals surface area contributed by atoms with Gasteiger partial charge in [0.1, 0.15) is 0 Å². The second kappa shape index (κ2) is 28.5. The molecular formula is C29H47F15N8O6. The summed E-state index contributed by atoms with van der Waals surface area (Å²) < 4.78 is 189. The Bertz CT molecular complexity index is 1200. The molecule has 0 atom stereocenters. The Morgan fingerprint density at radius 1 is 0.431 bits per heavy atom. The van der Waals surface area contributed by atoms with Crippen LogP contribution >= 0.6 is 0 Å². The first kappa shape index (κ1) is 58.5. The molecule has 0 rings (SSSR count). The van der Waals surface area contributed by atoms with E-state index in [0.717, 1.165) is 19.6 Å². The third-order valence-corrected chi connectivity index (χ3v) is 6.56. The number of nitrogens with two attached hydrogens (primary N) is 3. The van der Waals surface area contributed by atoms with Crippen LogP contribution in [0.15, 0.2) is 0 Å². The highest BCUT2D eigenvalue weighted by Gasteiger charge is 2.45. The topological polar surface area (TPSA) is 206 Å². The van der Waals surface area contributed by atoms with Crippen molar-refractivity contribution in [1.29, 1.82) is 0 Å². The number of methoxy groups -OCH3 is 1. The van der Waals surface area contributed by atoms with Crippen molar-refractivity contribution in [3.63, 3.8) is 0 Å². The van der Waals surface area contributed by atoms with Crippen molar-refractivity contribution in [2.45, 2.75) is 69.4 Å². The minimum absolute atomic E-state index is 0.00802. The van der Waals surface area contributed by atoms with Crippen LogP contribution in [0.2, 0.25) is 0 Å². The number of hydrogen-bond acceptors (Lipinski definition) is 9. The van der Waals surface area contributed by atoms with Crippen LogP contribution in [0, 0.1) is 0 Å². The Hall–Kier alpha value is -3.86. The third-order valence-electron chi connectivity index (χ3n) is 6.56. The van der Waals surface area contributed by atoms with E-state index in [2.05, 4.69) is 0 Å². The predicted molar refractivity (Wildman–Crippen MR) is 173 cm³/mol. The lowest BCUT2D eigenvalue weighted by atomic mass is 10.2. The third kappa shape index (κ3) is 28.5. The van der Waals surface area contributed by atoms with Gasteiger partial charge in [0.15, 0.2) is 0 Å². The van der Waals surface area contributed by atoms with E-state index in [4.69, 9.17) is 21.9 Å². The Morgan fingerprint density at radius 3 is 0.897 bits per heavy atom. The second-order valence-corrected chi connectivity index (χ2v) is 11.4. The number of ether oxygens (including phenoxy) is 1. The zero-order chi connectivity index (χ0) is 46.0. The molecule has 344 valence electrons. The molecule has 0 aromatic rings. The summed E-state index contributed by atoms with van der Waals surface area (Å²) in [6.45, 7) is -2.87. The summed E-state index contributed by atoms with van der Waals surface area (Å²) >= 11 is 0. The summed E-state index contributed by atoms with van der Waals surface area (Å²) in [5.74, 6) is -11.2. The van der Waals surface area contributed by atoms with E-state index < -0.39 is 119 Å². The summed E-state index contributed by atoms with van der Waals surface area (Å²) in [6.07, 6.45) is -26.0. The summed E-state index contributed by atoms with van der Waals surface area (Å²) in [5, 5.41) is 2.92. The lowest BCUT2D eigenvalue weighted by Crippen LogP contribution is -2.46. The number of nitrogens with one attached hydrogen (secondary N) is 2. The van der Waals surface area contributed by atoms with Crippen molar-refractivity contribution in [3.8, 4) is 0 Å². The van der Waals surface area contributed by atoms with Crippen molar-refractivity contribution in [1.82, 2.24) is 25.3 Å². The first-order chi connectivity index (χ1) is 26.4. The van der Waals surface area contributed by atoms with Crippen molar-refractivity contribution >= 4 is 29.5 Å². The van der Waals surface area contributed by atoms with Crippen molar-refractivity contribution in [2.24, 2.45) is 17.2 Å². The summed E-state index contributed by atoms with van der Waals surface area (Å²) in [6, 6.07) is 0. The molecule has 0 aliphatic carbocycles. The van der Waals surface area contributed by atoms with Gasteiger partial charge >= 0.3 is 60.4 Å². The fourth-order valence-corrected chi connectivity index (χ4v) is 3.87. The minimum atomic E-state index is -5.34. The number of rotatable bonds is 21. The maximum absolute atomic E-state index is 12.7. The zero-order valence-corrected chi connectivity index (χ0v) is 30.9. The number of hydrogen-bond donors (Lipinski definition) is 5. The molecule has 0 spiro atoms. The molecular weight excluding hydrogens is 841 g/mol. The molecule has 14 nitrogen and oxygen atoms in total. The van der Waals surface area contributed by atoms with Crippen LogP contribution in [0.1, 0.15) is 38.5 Å². The van der Waals surface area contributed by atoms with Gasteiger partial charge in [0.2, 0.25) is 0 Å². The van der Waals surface area contributed by atoms with E-state index in [0.29, 0.717) is 9.80 Å². The van der Waals surface area contributed by atoms with Gasteiger partial charge in [-0.3, -0.25) is 24.0 Å². The molecule has 0 aromatic carbocycles. The highest BCUT2D eigenvalue weighted by atomic mass is 19.4.